The third-order valence-corrected chi connectivity index (χ3v) is 4.74. The molecule has 0 amide bonds. The second kappa shape index (κ2) is 2.50. The lowest BCUT2D eigenvalue weighted by molar-refractivity contribution is 0.114. The van der Waals surface area contributed by atoms with Gasteiger partial charge in [-0.05, 0) is 37.5 Å². The summed E-state index contributed by atoms with van der Waals surface area (Å²) in [6.07, 6.45) is 7.78. The van der Waals surface area contributed by atoms with Gasteiger partial charge in [0.15, 0.2) is 0 Å². The minimum atomic E-state index is 0.312. The molecular formula is C12H20O. The van der Waals surface area contributed by atoms with Crippen molar-refractivity contribution < 1.29 is 4.74 Å². The van der Waals surface area contributed by atoms with Crippen LogP contribution < -0.4 is 0 Å². The molecule has 0 aromatic carbocycles. The van der Waals surface area contributed by atoms with Crippen LogP contribution in [-0.4, -0.2) is 11.7 Å². The minimum absolute atomic E-state index is 0.312. The van der Waals surface area contributed by atoms with Crippen LogP contribution in [0.2, 0.25) is 0 Å². The number of ether oxygens (including phenoxy) is 1. The van der Waals surface area contributed by atoms with E-state index in [1.165, 1.54) is 32.1 Å². The zero-order valence-corrected chi connectivity index (χ0v) is 8.75. The SMILES string of the molecule is CC1CCCC2CCC3(C)OC3C12. The number of hydrogen-bond donors (Lipinski definition) is 0. The van der Waals surface area contributed by atoms with E-state index in [0.717, 1.165) is 17.8 Å². The van der Waals surface area contributed by atoms with Crippen molar-refractivity contribution >= 4 is 0 Å². The molecule has 0 aromatic rings. The number of epoxide rings is 1. The molecule has 3 aliphatic rings. The highest BCUT2D eigenvalue weighted by Gasteiger charge is 2.61. The first-order valence-corrected chi connectivity index (χ1v) is 5.88. The van der Waals surface area contributed by atoms with Gasteiger partial charge in [0.05, 0.1) is 11.7 Å². The van der Waals surface area contributed by atoms with Crippen molar-refractivity contribution in [1.82, 2.24) is 0 Å². The van der Waals surface area contributed by atoms with Crippen molar-refractivity contribution in [3.8, 4) is 0 Å². The van der Waals surface area contributed by atoms with Crippen LogP contribution in [0.15, 0.2) is 0 Å². The van der Waals surface area contributed by atoms with E-state index in [1.807, 2.05) is 0 Å². The largest absolute Gasteiger partial charge is 0.366 e. The van der Waals surface area contributed by atoms with E-state index in [-0.39, 0.29) is 0 Å². The van der Waals surface area contributed by atoms with Gasteiger partial charge in [-0.1, -0.05) is 26.2 Å². The highest BCUT2D eigenvalue weighted by atomic mass is 16.6. The zero-order chi connectivity index (χ0) is 9.05. The molecule has 1 nitrogen and oxygen atoms in total. The predicted octanol–water partition coefficient (Wildman–Crippen LogP) is 2.99. The fourth-order valence-corrected chi connectivity index (χ4v) is 3.85. The number of fused-ring (bicyclic) bond motifs is 3. The van der Waals surface area contributed by atoms with Crippen LogP contribution in [0, 0.1) is 17.8 Å². The van der Waals surface area contributed by atoms with Crippen molar-refractivity contribution in [3.63, 3.8) is 0 Å². The quantitative estimate of drug-likeness (QED) is 0.522. The second-order valence-corrected chi connectivity index (χ2v) is 5.64. The van der Waals surface area contributed by atoms with Gasteiger partial charge in [-0.3, -0.25) is 0 Å². The molecule has 3 rings (SSSR count). The van der Waals surface area contributed by atoms with E-state index >= 15 is 0 Å². The summed E-state index contributed by atoms with van der Waals surface area (Å²) >= 11 is 0. The van der Waals surface area contributed by atoms with Crippen LogP contribution in [0.4, 0.5) is 0 Å². The fraction of sp³-hybridized carbons (Fsp3) is 1.00. The van der Waals surface area contributed by atoms with Crippen LogP contribution in [-0.2, 0) is 4.74 Å². The lowest BCUT2D eigenvalue weighted by Gasteiger charge is -2.39. The van der Waals surface area contributed by atoms with E-state index in [0.29, 0.717) is 11.7 Å². The van der Waals surface area contributed by atoms with Gasteiger partial charge in [-0.2, -0.15) is 0 Å². The molecule has 5 atom stereocenters. The van der Waals surface area contributed by atoms with Crippen molar-refractivity contribution in [2.45, 2.75) is 57.7 Å². The molecule has 3 fully saturated rings. The van der Waals surface area contributed by atoms with E-state index in [4.69, 9.17) is 4.74 Å². The van der Waals surface area contributed by atoms with Gasteiger partial charge in [-0.15, -0.1) is 0 Å². The molecule has 1 heteroatoms. The first-order chi connectivity index (χ1) is 6.21. The summed E-state index contributed by atoms with van der Waals surface area (Å²) < 4.78 is 5.91. The first-order valence-electron chi connectivity index (χ1n) is 5.88. The number of rotatable bonds is 0. The van der Waals surface area contributed by atoms with Gasteiger partial charge in [0, 0.05) is 0 Å². The molecule has 1 heterocycles. The Morgan fingerprint density at radius 2 is 2.08 bits per heavy atom. The summed E-state index contributed by atoms with van der Waals surface area (Å²) in [7, 11) is 0. The molecule has 5 unspecified atom stereocenters. The summed E-state index contributed by atoms with van der Waals surface area (Å²) in [5.41, 5.74) is 0.312. The average Bonchev–Trinajstić information content (AvgIpc) is 2.77. The summed E-state index contributed by atoms with van der Waals surface area (Å²) in [6, 6.07) is 0. The maximum absolute atomic E-state index is 5.91. The Kier molecular flexibility index (Phi) is 1.59. The molecule has 1 aliphatic heterocycles. The maximum Gasteiger partial charge on any atom is 0.0923 e. The highest BCUT2D eigenvalue weighted by Crippen LogP contribution is 2.57. The predicted molar refractivity (Wildman–Crippen MR) is 52.5 cm³/mol. The Balaban J connectivity index is 1.82. The van der Waals surface area contributed by atoms with Crippen molar-refractivity contribution in [2.24, 2.45) is 17.8 Å². The van der Waals surface area contributed by atoms with Crippen LogP contribution in [0.5, 0.6) is 0 Å². The third kappa shape index (κ3) is 1.09. The summed E-state index contributed by atoms with van der Waals surface area (Å²) in [5.74, 6) is 2.84. The molecule has 0 aromatic heterocycles. The van der Waals surface area contributed by atoms with Gasteiger partial charge >= 0.3 is 0 Å². The van der Waals surface area contributed by atoms with Gasteiger partial charge < -0.3 is 4.74 Å². The topological polar surface area (TPSA) is 12.5 Å². The van der Waals surface area contributed by atoms with E-state index in [1.54, 1.807) is 0 Å². The number of hydrogen-bond acceptors (Lipinski definition) is 1. The first kappa shape index (κ1) is 8.28. The molecule has 0 bridgehead atoms. The van der Waals surface area contributed by atoms with Crippen LogP contribution in [0.25, 0.3) is 0 Å². The Hall–Kier alpha value is -0.0400. The van der Waals surface area contributed by atoms with Crippen LogP contribution in [0.3, 0.4) is 0 Å². The summed E-state index contributed by atoms with van der Waals surface area (Å²) in [4.78, 5) is 0. The Morgan fingerprint density at radius 3 is 2.92 bits per heavy atom. The second-order valence-electron chi connectivity index (χ2n) is 5.64. The van der Waals surface area contributed by atoms with Crippen molar-refractivity contribution in [3.05, 3.63) is 0 Å². The van der Waals surface area contributed by atoms with E-state index in [9.17, 15) is 0 Å². The molecule has 13 heavy (non-hydrogen) atoms. The van der Waals surface area contributed by atoms with Crippen molar-refractivity contribution in [1.29, 1.82) is 0 Å². The highest BCUT2D eigenvalue weighted by molar-refractivity contribution is 5.09. The molecule has 0 N–H and O–H groups in total. The van der Waals surface area contributed by atoms with E-state index < -0.39 is 0 Å². The molecule has 0 radical (unpaired) electrons. The standard InChI is InChI=1S/C12H20O/c1-8-4-3-5-9-6-7-12(2)11(13-12)10(8)9/h8-11H,3-7H2,1-2H3. The summed E-state index contributed by atoms with van der Waals surface area (Å²) in [5, 5.41) is 0. The summed E-state index contributed by atoms with van der Waals surface area (Å²) in [6.45, 7) is 4.75. The Morgan fingerprint density at radius 1 is 1.23 bits per heavy atom. The van der Waals surface area contributed by atoms with E-state index in [2.05, 4.69) is 13.8 Å². The molecule has 2 saturated carbocycles. The average molecular weight is 180 g/mol. The lowest BCUT2D eigenvalue weighted by atomic mass is 9.64. The van der Waals surface area contributed by atoms with Crippen LogP contribution in [0.1, 0.15) is 46.0 Å². The van der Waals surface area contributed by atoms with Gasteiger partial charge in [0.25, 0.3) is 0 Å². The molecule has 1 saturated heterocycles. The van der Waals surface area contributed by atoms with Crippen molar-refractivity contribution in [2.75, 3.05) is 0 Å². The Labute approximate surface area is 80.8 Å². The monoisotopic (exact) mass is 180 g/mol. The normalized spacial score (nSPS) is 59.5. The lowest BCUT2D eigenvalue weighted by Crippen LogP contribution is -2.37. The van der Waals surface area contributed by atoms with Crippen LogP contribution >= 0.6 is 0 Å². The van der Waals surface area contributed by atoms with Gasteiger partial charge in [0.1, 0.15) is 0 Å². The maximum atomic E-state index is 5.91. The fourth-order valence-electron chi connectivity index (χ4n) is 3.85. The van der Waals surface area contributed by atoms with Gasteiger partial charge in [0.2, 0.25) is 0 Å². The molecular weight excluding hydrogens is 160 g/mol. The third-order valence-electron chi connectivity index (χ3n) is 4.74. The molecule has 0 spiro atoms. The van der Waals surface area contributed by atoms with Gasteiger partial charge in [-0.25, -0.2) is 0 Å². The minimum Gasteiger partial charge on any atom is -0.366 e. The Bertz CT molecular complexity index is 221. The molecule has 2 aliphatic carbocycles. The zero-order valence-electron chi connectivity index (χ0n) is 8.75. The smallest absolute Gasteiger partial charge is 0.0923 e. The molecule has 74 valence electrons.